The Morgan fingerprint density at radius 2 is 2.33 bits per heavy atom. The highest BCUT2D eigenvalue weighted by Crippen LogP contribution is 2.27. The number of hydrogen-bond donors (Lipinski definition) is 3. The van der Waals surface area contributed by atoms with Crippen LogP contribution >= 0.6 is 0 Å². The van der Waals surface area contributed by atoms with Crippen LogP contribution in [-0.2, 0) is 0 Å². The van der Waals surface area contributed by atoms with Crippen LogP contribution < -0.4 is 11.1 Å². The molecule has 4 N–H and O–H groups in total. The van der Waals surface area contributed by atoms with E-state index >= 15 is 0 Å². The lowest BCUT2D eigenvalue weighted by molar-refractivity contribution is 0.299. The highest BCUT2D eigenvalue weighted by molar-refractivity contribution is 5.79. The van der Waals surface area contributed by atoms with E-state index in [0.717, 1.165) is 12.6 Å². The van der Waals surface area contributed by atoms with Crippen LogP contribution in [0.1, 0.15) is 25.7 Å². The number of nitrogens with one attached hydrogen (secondary N) is 1. The van der Waals surface area contributed by atoms with Gasteiger partial charge in [-0.1, -0.05) is 5.16 Å². The lowest BCUT2D eigenvalue weighted by Crippen LogP contribution is -2.40. The van der Waals surface area contributed by atoms with Gasteiger partial charge in [-0.2, -0.15) is 0 Å². The van der Waals surface area contributed by atoms with Crippen LogP contribution in [0.5, 0.6) is 0 Å². The zero-order valence-electron chi connectivity index (χ0n) is 9.02. The van der Waals surface area contributed by atoms with Crippen molar-refractivity contribution in [2.24, 2.45) is 10.9 Å². The molecule has 2 aliphatic heterocycles. The number of nitrogens with zero attached hydrogens (tertiary/aromatic N) is 2. The first-order valence-electron chi connectivity index (χ1n) is 5.75. The van der Waals surface area contributed by atoms with Crippen molar-refractivity contribution in [1.29, 1.82) is 0 Å². The van der Waals surface area contributed by atoms with Crippen LogP contribution in [0.4, 0.5) is 0 Å². The molecule has 0 bridgehead atoms. The second kappa shape index (κ2) is 4.81. The Morgan fingerprint density at radius 1 is 1.47 bits per heavy atom. The van der Waals surface area contributed by atoms with Crippen LogP contribution in [-0.4, -0.2) is 47.7 Å². The Morgan fingerprint density at radius 3 is 3.13 bits per heavy atom. The van der Waals surface area contributed by atoms with Crippen molar-refractivity contribution < 1.29 is 5.21 Å². The fourth-order valence-corrected chi connectivity index (χ4v) is 2.76. The lowest BCUT2D eigenvalue weighted by Gasteiger charge is -2.21. The average molecular weight is 212 g/mol. The molecule has 2 saturated heterocycles. The van der Waals surface area contributed by atoms with E-state index < -0.39 is 0 Å². The predicted octanol–water partition coefficient (Wildman–Crippen LogP) is -0.0508. The van der Waals surface area contributed by atoms with Gasteiger partial charge in [-0.3, -0.25) is 4.90 Å². The van der Waals surface area contributed by atoms with E-state index in [1.165, 1.54) is 32.4 Å². The second-order valence-corrected chi connectivity index (χ2v) is 4.44. The van der Waals surface area contributed by atoms with Gasteiger partial charge in [0.15, 0.2) is 0 Å². The van der Waals surface area contributed by atoms with E-state index in [1.807, 2.05) is 0 Å². The van der Waals surface area contributed by atoms with Gasteiger partial charge in [-0.25, -0.2) is 0 Å². The molecule has 15 heavy (non-hydrogen) atoms. The maximum atomic E-state index is 8.40. The first-order valence-corrected chi connectivity index (χ1v) is 5.75. The fourth-order valence-electron chi connectivity index (χ4n) is 2.76. The van der Waals surface area contributed by atoms with Crippen molar-refractivity contribution in [2.75, 3.05) is 19.6 Å². The van der Waals surface area contributed by atoms with Gasteiger partial charge >= 0.3 is 0 Å². The van der Waals surface area contributed by atoms with Gasteiger partial charge in [-0.05, 0) is 25.8 Å². The molecule has 0 aromatic rings. The number of oxime groups is 1. The lowest BCUT2D eigenvalue weighted by atomic mass is 10.1. The first-order chi connectivity index (χ1) is 7.31. The molecule has 0 radical (unpaired) electrons. The van der Waals surface area contributed by atoms with Gasteiger partial charge in [0.05, 0.1) is 0 Å². The van der Waals surface area contributed by atoms with Crippen molar-refractivity contribution in [2.45, 2.75) is 37.8 Å². The number of amidine groups is 1. The first kappa shape index (κ1) is 10.7. The average Bonchev–Trinajstić information content (AvgIpc) is 2.81. The summed E-state index contributed by atoms with van der Waals surface area (Å²) in [4.78, 5) is 2.57. The standard InChI is InChI=1S/C10H20N4O/c11-10(13-15)3-5-12-8-4-7-14-6-1-2-9(8)14/h8-9,12,15H,1-7H2,(H2,11,13). The molecule has 0 aromatic carbocycles. The van der Waals surface area contributed by atoms with E-state index in [-0.39, 0.29) is 0 Å². The summed E-state index contributed by atoms with van der Waals surface area (Å²) in [5.74, 6) is 0.309. The Hall–Kier alpha value is -0.810. The zero-order chi connectivity index (χ0) is 10.7. The summed E-state index contributed by atoms with van der Waals surface area (Å²) in [5.41, 5.74) is 5.41. The monoisotopic (exact) mass is 212 g/mol. The molecule has 5 nitrogen and oxygen atoms in total. The molecular formula is C10H20N4O. The quantitative estimate of drug-likeness (QED) is 0.264. The number of fused-ring (bicyclic) bond motifs is 1. The number of hydrogen-bond acceptors (Lipinski definition) is 4. The van der Waals surface area contributed by atoms with Crippen LogP contribution in [0.15, 0.2) is 5.16 Å². The minimum Gasteiger partial charge on any atom is -0.409 e. The molecule has 2 atom stereocenters. The van der Waals surface area contributed by atoms with E-state index in [9.17, 15) is 0 Å². The Labute approximate surface area is 90.3 Å². The van der Waals surface area contributed by atoms with Gasteiger partial charge < -0.3 is 16.3 Å². The Bertz CT molecular complexity index is 244. The van der Waals surface area contributed by atoms with Crippen molar-refractivity contribution in [3.05, 3.63) is 0 Å². The largest absolute Gasteiger partial charge is 0.409 e. The number of rotatable bonds is 4. The van der Waals surface area contributed by atoms with Crippen LogP contribution in [0.3, 0.4) is 0 Å². The minimum absolute atomic E-state index is 0.309. The third-order valence-corrected chi connectivity index (χ3v) is 3.52. The maximum Gasteiger partial charge on any atom is 0.140 e. The van der Waals surface area contributed by atoms with Crippen LogP contribution in [0.2, 0.25) is 0 Å². The van der Waals surface area contributed by atoms with E-state index in [2.05, 4.69) is 15.4 Å². The molecule has 0 saturated carbocycles. The summed E-state index contributed by atoms with van der Waals surface area (Å²) in [7, 11) is 0. The SMILES string of the molecule is NC(CCNC1CCN2CCCC12)=NO. The predicted molar refractivity (Wildman–Crippen MR) is 59.0 cm³/mol. The molecule has 2 fully saturated rings. The maximum absolute atomic E-state index is 8.40. The fraction of sp³-hybridized carbons (Fsp3) is 0.900. The molecule has 2 rings (SSSR count). The third kappa shape index (κ3) is 2.41. The van der Waals surface area contributed by atoms with Gasteiger partial charge in [0.25, 0.3) is 0 Å². The molecule has 86 valence electrons. The molecule has 0 amide bonds. The molecule has 0 aromatic heterocycles. The summed E-state index contributed by atoms with van der Waals surface area (Å²) in [5, 5.41) is 14.9. The van der Waals surface area contributed by atoms with Gasteiger partial charge in [0.2, 0.25) is 0 Å². The van der Waals surface area contributed by atoms with Gasteiger partial charge in [0, 0.05) is 31.6 Å². The molecule has 0 aliphatic carbocycles. The topological polar surface area (TPSA) is 73.9 Å². The highest BCUT2D eigenvalue weighted by atomic mass is 16.4. The summed E-state index contributed by atoms with van der Waals surface area (Å²) in [6.45, 7) is 3.31. The summed E-state index contributed by atoms with van der Waals surface area (Å²) < 4.78 is 0. The minimum atomic E-state index is 0.309. The number of nitrogens with two attached hydrogens (primary N) is 1. The summed E-state index contributed by atoms with van der Waals surface area (Å²) in [6, 6.07) is 1.34. The molecular weight excluding hydrogens is 192 g/mol. The summed E-state index contributed by atoms with van der Waals surface area (Å²) in [6.07, 6.45) is 4.52. The van der Waals surface area contributed by atoms with E-state index in [0.29, 0.717) is 18.3 Å². The third-order valence-electron chi connectivity index (χ3n) is 3.52. The molecule has 2 unspecified atom stereocenters. The molecule has 5 heteroatoms. The van der Waals surface area contributed by atoms with Crippen molar-refractivity contribution in [1.82, 2.24) is 10.2 Å². The van der Waals surface area contributed by atoms with Crippen LogP contribution in [0, 0.1) is 0 Å². The Kier molecular flexibility index (Phi) is 3.43. The second-order valence-electron chi connectivity index (χ2n) is 4.44. The van der Waals surface area contributed by atoms with Crippen LogP contribution in [0.25, 0.3) is 0 Å². The zero-order valence-corrected chi connectivity index (χ0v) is 9.02. The van der Waals surface area contributed by atoms with Gasteiger partial charge in [0.1, 0.15) is 5.84 Å². The van der Waals surface area contributed by atoms with Crippen molar-refractivity contribution in [3.8, 4) is 0 Å². The smallest absolute Gasteiger partial charge is 0.140 e. The normalized spacial score (nSPS) is 32.1. The van der Waals surface area contributed by atoms with Crippen molar-refractivity contribution >= 4 is 5.84 Å². The van der Waals surface area contributed by atoms with Crippen molar-refractivity contribution in [3.63, 3.8) is 0 Å². The van der Waals surface area contributed by atoms with E-state index in [1.54, 1.807) is 0 Å². The Balaban J connectivity index is 1.71. The molecule has 0 spiro atoms. The summed E-state index contributed by atoms with van der Waals surface area (Å²) >= 11 is 0. The molecule has 2 heterocycles. The van der Waals surface area contributed by atoms with Gasteiger partial charge in [-0.15, -0.1) is 0 Å². The van der Waals surface area contributed by atoms with E-state index in [4.69, 9.17) is 10.9 Å². The molecule has 2 aliphatic rings. The highest BCUT2D eigenvalue weighted by Gasteiger charge is 2.36.